The van der Waals surface area contributed by atoms with Gasteiger partial charge in [-0.25, -0.2) is 0 Å². The van der Waals surface area contributed by atoms with Gasteiger partial charge in [-0.05, 0) is 0 Å². The van der Waals surface area contributed by atoms with Gasteiger partial charge >= 0.3 is 243 Å². The van der Waals surface area contributed by atoms with E-state index in [-0.39, 0.29) is 31.6 Å². The zero-order valence-corrected chi connectivity index (χ0v) is 26.3. The van der Waals surface area contributed by atoms with Crippen molar-refractivity contribution in [3.8, 4) is 0 Å². The molecule has 40 heavy (non-hydrogen) atoms. The summed E-state index contributed by atoms with van der Waals surface area (Å²) in [7, 11) is 6.62. The Morgan fingerprint density at radius 1 is 0.775 bits per heavy atom. The van der Waals surface area contributed by atoms with Crippen LogP contribution in [0.3, 0.4) is 0 Å². The second-order valence-electron chi connectivity index (χ2n) is 11.8. The molecule has 1 aliphatic carbocycles. The number of hydrogen-bond acceptors (Lipinski definition) is 5. The van der Waals surface area contributed by atoms with Crippen molar-refractivity contribution in [1.82, 2.24) is 9.80 Å². The number of carbonyl (C=O) groups excluding carboxylic acids is 2. The maximum atomic E-state index is 13.3. The molecule has 5 nitrogen and oxygen atoms in total. The molecular weight excluding hydrogens is 577 g/mol. The minimum atomic E-state index is -1.98. The molecule has 0 spiro atoms. The minimum absolute atomic E-state index is 0.115. The first-order valence-electron chi connectivity index (χ1n) is 13.5. The predicted octanol–water partition coefficient (Wildman–Crippen LogP) is 4.45. The number of allylic oxidation sites excluding steroid dienone is 1. The normalized spacial score (nSPS) is 17.6. The number of hydrogen-bond donors (Lipinski definition) is 0. The first-order valence-corrected chi connectivity index (χ1v) is 18.2. The molecule has 0 fully saturated rings. The van der Waals surface area contributed by atoms with E-state index in [1.807, 2.05) is 18.2 Å². The molecule has 3 aromatic carbocycles. The molecule has 0 saturated heterocycles. The predicted molar refractivity (Wildman–Crippen MR) is 166 cm³/mol. The summed E-state index contributed by atoms with van der Waals surface area (Å²) in [4.78, 5) is 33.7. The standard InChI is InChI=1S/C33H31N3O2SeSi/c1-34(2)33(35(3)4)24-14-11-17-28-29(24)36(26-15-9-10-16-27(26)40(28,5)6)32-25(33)19-20(39-32)18-23-30(37)21-12-7-8-13-22(21)31(23)38/h7-19H,1-6H3. The molecule has 0 unspecified atom stereocenters. The summed E-state index contributed by atoms with van der Waals surface area (Å²) in [6, 6.07) is 25.1. The fourth-order valence-corrected chi connectivity index (χ4v) is 12.6. The van der Waals surface area contributed by atoms with Crippen LogP contribution in [0.2, 0.25) is 13.1 Å². The second kappa shape index (κ2) is 8.59. The first-order chi connectivity index (χ1) is 19.1. The van der Waals surface area contributed by atoms with Crippen LogP contribution in [0.5, 0.6) is 0 Å². The molecule has 3 aliphatic rings. The van der Waals surface area contributed by atoms with Crippen molar-refractivity contribution in [2.24, 2.45) is 0 Å². The van der Waals surface area contributed by atoms with Gasteiger partial charge in [-0.2, -0.15) is 0 Å². The molecule has 4 aromatic rings. The number of anilines is 3. The van der Waals surface area contributed by atoms with E-state index in [9.17, 15) is 9.59 Å². The van der Waals surface area contributed by atoms with Crippen LogP contribution in [-0.4, -0.2) is 72.1 Å². The Bertz CT molecular complexity index is 1750. The average molecular weight is 609 g/mol. The van der Waals surface area contributed by atoms with Crippen LogP contribution in [0.1, 0.15) is 36.3 Å². The summed E-state index contributed by atoms with van der Waals surface area (Å²) >= 11 is -0.115. The van der Waals surface area contributed by atoms with Gasteiger partial charge in [0.05, 0.1) is 0 Å². The van der Waals surface area contributed by atoms with Crippen LogP contribution in [-0.2, 0) is 5.66 Å². The van der Waals surface area contributed by atoms with Gasteiger partial charge in [0.1, 0.15) is 0 Å². The van der Waals surface area contributed by atoms with E-state index in [1.54, 1.807) is 12.1 Å². The molecule has 0 N–H and O–H groups in total. The van der Waals surface area contributed by atoms with Gasteiger partial charge in [0.15, 0.2) is 0 Å². The number of Topliss-reactive ketones (excluding diaryl/α,β-unsaturated/α-hetero) is 2. The Labute approximate surface area is 242 Å². The Kier molecular flexibility index (Phi) is 5.50. The summed E-state index contributed by atoms with van der Waals surface area (Å²) in [6.07, 6.45) is 1.87. The van der Waals surface area contributed by atoms with Gasteiger partial charge < -0.3 is 0 Å². The zero-order chi connectivity index (χ0) is 28.1. The van der Waals surface area contributed by atoms with Crippen LogP contribution in [0.25, 0.3) is 6.08 Å². The molecule has 0 bridgehead atoms. The van der Waals surface area contributed by atoms with E-state index < -0.39 is 13.7 Å². The molecule has 0 saturated carbocycles. The first kappa shape index (κ1) is 25.6. The third kappa shape index (κ3) is 3.10. The van der Waals surface area contributed by atoms with E-state index >= 15 is 0 Å². The summed E-state index contributed by atoms with van der Waals surface area (Å²) in [6.45, 7) is 4.91. The number of carbonyl (C=O) groups is 2. The summed E-state index contributed by atoms with van der Waals surface area (Å²) < 4.78 is 2.32. The van der Waals surface area contributed by atoms with Gasteiger partial charge in [0, 0.05) is 0 Å². The Morgan fingerprint density at radius 3 is 2.02 bits per heavy atom. The molecule has 0 atom stereocenters. The van der Waals surface area contributed by atoms with Crippen molar-refractivity contribution in [2.45, 2.75) is 18.8 Å². The van der Waals surface area contributed by atoms with Crippen molar-refractivity contribution < 1.29 is 9.59 Å². The number of ketones is 2. The Hall–Kier alpha value is -3.32. The number of rotatable bonds is 3. The van der Waals surface area contributed by atoms with Crippen molar-refractivity contribution in [3.05, 3.63) is 105 Å². The van der Waals surface area contributed by atoms with E-state index in [1.165, 1.54) is 37.4 Å². The molecule has 7 rings (SSSR count). The third-order valence-electron chi connectivity index (χ3n) is 8.92. The van der Waals surface area contributed by atoms with Gasteiger partial charge in [0.25, 0.3) is 0 Å². The Morgan fingerprint density at radius 2 is 1.38 bits per heavy atom. The number of para-hydroxylation sites is 2. The number of benzene rings is 3. The zero-order valence-electron chi connectivity index (χ0n) is 23.6. The van der Waals surface area contributed by atoms with E-state index in [0.717, 1.165) is 4.44 Å². The van der Waals surface area contributed by atoms with Crippen molar-refractivity contribution in [3.63, 3.8) is 0 Å². The van der Waals surface area contributed by atoms with Crippen LogP contribution in [0.15, 0.2) is 78.4 Å². The van der Waals surface area contributed by atoms with E-state index in [2.05, 4.69) is 105 Å². The SMILES string of the molecule is CN(C)C1(N(C)C)c2cc(C=C3C(=O)c4ccccc4C3=O)[se]c2N2c3ccccc3[Si](C)(C)c3cccc1c32. The fraction of sp³-hybridized carbons (Fsp3) is 0.212. The number of fused-ring (bicyclic) bond motifs is 5. The molecule has 3 heterocycles. The van der Waals surface area contributed by atoms with Gasteiger partial charge in [0.2, 0.25) is 0 Å². The molecule has 7 heteroatoms. The molecule has 200 valence electrons. The quantitative estimate of drug-likeness (QED) is 0.149. The van der Waals surface area contributed by atoms with Crippen molar-refractivity contribution >= 4 is 66.5 Å². The summed E-state index contributed by atoms with van der Waals surface area (Å²) in [5, 5.41) is 2.88. The topological polar surface area (TPSA) is 43.9 Å². The summed E-state index contributed by atoms with van der Waals surface area (Å²) in [5.41, 5.74) is 5.86. The second-order valence-corrected chi connectivity index (χ2v) is 18.3. The van der Waals surface area contributed by atoms with Crippen molar-refractivity contribution in [1.29, 1.82) is 0 Å². The average Bonchev–Trinajstić information content (AvgIpc) is 3.45. The number of nitrogens with zero attached hydrogens (tertiary/aromatic N) is 3. The molecular formula is C33H31N3O2SeSi. The maximum absolute atomic E-state index is 13.3. The molecule has 1 aromatic heterocycles. The Balaban J connectivity index is 1.53. The van der Waals surface area contributed by atoms with Gasteiger partial charge in [-0.3, -0.25) is 0 Å². The van der Waals surface area contributed by atoms with Crippen LogP contribution in [0, 0.1) is 0 Å². The van der Waals surface area contributed by atoms with Crippen LogP contribution < -0.4 is 15.3 Å². The molecule has 0 amide bonds. The monoisotopic (exact) mass is 609 g/mol. The van der Waals surface area contributed by atoms with E-state index in [4.69, 9.17) is 0 Å². The molecule has 0 radical (unpaired) electrons. The van der Waals surface area contributed by atoms with Crippen molar-refractivity contribution in [2.75, 3.05) is 33.1 Å². The van der Waals surface area contributed by atoms with Crippen LogP contribution in [0.4, 0.5) is 15.9 Å². The van der Waals surface area contributed by atoms with E-state index in [0.29, 0.717) is 11.1 Å². The molecule has 2 aliphatic heterocycles. The van der Waals surface area contributed by atoms with Gasteiger partial charge in [-0.1, -0.05) is 0 Å². The summed E-state index contributed by atoms with van der Waals surface area (Å²) in [5.74, 6) is -0.342. The van der Waals surface area contributed by atoms with Crippen LogP contribution >= 0.6 is 0 Å². The van der Waals surface area contributed by atoms with Gasteiger partial charge in [-0.15, -0.1) is 0 Å². The third-order valence-corrected chi connectivity index (χ3v) is 14.7. The fourth-order valence-electron chi connectivity index (χ4n) is 7.19.